The van der Waals surface area contributed by atoms with E-state index < -0.39 is 0 Å². The summed E-state index contributed by atoms with van der Waals surface area (Å²) in [6, 6.07) is 8.70. The highest BCUT2D eigenvalue weighted by Gasteiger charge is 2.19. The minimum Gasteiger partial charge on any atom is -0.314 e. The fourth-order valence-electron chi connectivity index (χ4n) is 2.29. The Balaban J connectivity index is 2.14. The van der Waals surface area contributed by atoms with Gasteiger partial charge in [0.05, 0.1) is 0 Å². The summed E-state index contributed by atoms with van der Waals surface area (Å²) in [4.78, 5) is 11.3. The van der Waals surface area contributed by atoms with Crippen molar-refractivity contribution >= 4 is 5.78 Å². The fraction of sp³-hybridized carbons (Fsp3) is 0.500. The monoisotopic (exact) mass is 217 g/mol. The van der Waals surface area contributed by atoms with Gasteiger partial charge in [-0.2, -0.15) is 0 Å². The second-order valence-electron chi connectivity index (χ2n) is 4.77. The van der Waals surface area contributed by atoms with Crippen molar-refractivity contribution in [1.29, 1.82) is 0 Å². The van der Waals surface area contributed by atoms with Crippen LogP contribution in [-0.2, 0) is 0 Å². The first-order valence-electron chi connectivity index (χ1n) is 6.01. The van der Waals surface area contributed by atoms with Gasteiger partial charge in [-0.15, -0.1) is 0 Å². The van der Waals surface area contributed by atoms with Gasteiger partial charge in [0.25, 0.3) is 0 Å². The highest BCUT2D eigenvalue weighted by Crippen LogP contribution is 2.25. The number of carbonyl (C=O) groups excluding carboxylic acids is 1. The number of Topliss-reactive ketones (excluding diaryl/α,β-unsaturated/α-hetero) is 1. The molecule has 0 aliphatic carbocycles. The van der Waals surface area contributed by atoms with Crippen molar-refractivity contribution in [2.75, 3.05) is 6.54 Å². The lowest BCUT2D eigenvalue weighted by Crippen LogP contribution is -2.35. The molecule has 0 aromatic heterocycles. The average molecular weight is 217 g/mol. The number of hydrogen-bond acceptors (Lipinski definition) is 2. The minimum atomic E-state index is 0.152. The van der Waals surface area contributed by atoms with Gasteiger partial charge in [0.15, 0.2) is 5.78 Å². The van der Waals surface area contributed by atoms with Crippen LogP contribution in [0.5, 0.6) is 0 Å². The number of ketones is 1. The predicted molar refractivity (Wildman–Crippen MR) is 65.9 cm³/mol. The van der Waals surface area contributed by atoms with Gasteiger partial charge in [0.1, 0.15) is 0 Å². The maximum absolute atomic E-state index is 11.3. The molecule has 0 amide bonds. The van der Waals surface area contributed by atoms with E-state index in [4.69, 9.17) is 0 Å². The first kappa shape index (κ1) is 11.3. The number of nitrogens with one attached hydrogen (secondary N) is 1. The SMILES string of the molecule is CC(=O)c1cccc(C2CCC(C)NC2)c1. The van der Waals surface area contributed by atoms with Crippen LogP contribution in [0.25, 0.3) is 0 Å². The van der Waals surface area contributed by atoms with E-state index in [1.54, 1.807) is 6.92 Å². The van der Waals surface area contributed by atoms with Gasteiger partial charge in [-0.05, 0) is 44.2 Å². The van der Waals surface area contributed by atoms with E-state index in [-0.39, 0.29) is 5.78 Å². The fourth-order valence-corrected chi connectivity index (χ4v) is 2.29. The summed E-state index contributed by atoms with van der Waals surface area (Å²) < 4.78 is 0. The van der Waals surface area contributed by atoms with Crippen molar-refractivity contribution in [1.82, 2.24) is 5.32 Å². The number of piperidine rings is 1. The van der Waals surface area contributed by atoms with Gasteiger partial charge in [0, 0.05) is 18.2 Å². The van der Waals surface area contributed by atoms with E-state index in [1.165, 1.54) is 18.4 Å². The standard InChI is InChI=1S/C14H19NO/c1-10-6-7-14(9-15-10)13-5-3-4-12(8-13)11(2)16/h3-5,8,10,14-15H,6-7,9H2,1-2H3. The van der Waals surface area contributed by atoms with E-state index in [1.807, 2.05) is 18.2 Å². The number of rotatable bonds is 2. The molecule has 1 saturated heterocycles. The molecule has 0 spiro atoms. The summed E-state index contributed by atoms with van der Waals surface area (Å²) in [5.41, 5.74) is 2.13. The smallest absolute Gasteiger partial charge is 0.159 e. The largest absolute Gasteiger partial charge is 0.314 e. The third kappa shape index (κ3) is 2.50. The molecule has 86 valence electrons. The van der Waals surface area contributed by atoms with Gasteiger partial charge >= 0.3 is 0 Å². The number of carbonyl (C=O) groups is 1. The first-order valence-corrected chi connectivity index (χ1v) is 6.01. The minimum absolute atomic E-state index is 0.152. The van der Waals surface area contributed by atoms with E-state index in [2.05, 4.69) is 18.3 Å². The lowest BCUT2D eigenvalue weighted by atomic mass is 9.88. The molecule has 2 rings (SSSR count). The summed E-state index contributed by atoms with van der Waals surface area (Å²) in [7, 11) is 0. The Hall–Kier alpha value is -1.15. The molecule has 1 aromatic carbocycles. The third-order valence-corrected chi connectivity index (χ3v) is 3.43. The second-order valence-corrected chi connectivity index (χ2v) is 4.77. The Labute approximate surface area is 97.1 Å². The van der Waals surface area contributed by atoms with E-state index in [0.29, 0.717) is 12.0 Å². The Kier molecular flexibility index (Phi) is 3.39. The maximum Gasteiger partial charge on any atom is 0.159 e. The molecule has 1 aliphatic heterocycles. The van der Waals surface area contributed by atoms with Crippen LogP contribution < -0.4 is 5.32 Å². The van der Waals surface area contributed by atoms with Crippen LogP contribution in [0.15, 0.2) is 24.3 Å². The second kappa shape index (κ2) is 4.79. The molecule has 1 N–H and O–H groups in total. The van der Waals surface area contributed by atoms with Crippen LogP contribution >= 0.6 is 0 Å². The quantitative estimate of drug-likeness (QED) is 0.772. The van der Waals surface area contributed by atoms with Gasteiger partial charge in [-0.25, -0.2) is 0 Å². The van der Waals surface area contributed by atoms with E-state index in [9.17, 15) is 4.79 Å². The zero-order chi connectivity index (χ0) is 11.5. The van der Waals surface area contributed by atoms with Crippen molar-refractivity contribution in [3.63, 3.8) is 0 Å². The van der Waals surface area contributed by atoms with Crippen LogP contribution in [0.4, 0.5) is 0 Å². The van der Waals surface area contributed by atoms with Crippen molar-refractivity contribution < 1.29 is 4.79 Å². The lowest BCUT2D eigenvalue weighted by Gasteiger charge is -2.28. The Morgan fingerprint density at radius 2 is 2.19 bits per heavy atom. The van der Waals surface area contributed by atoms with Crippen molar-refractivity contribution in [3.8, 4) is 0 Å². The van der Waals surface area contributed by atoms with Crippen LogP contribution in [0.1, 0.15) is 48.5 Å². The highest BCUT2D eigenvalue weighted by atomic mass is 16.1. The predicted octanol–water partition coefficient (Wildman–Crippen LogP) is 2.74. The highest BCUT2D eigenvalue weighted by molar-refractivity contribution is 5.94. The molecular formula is C14H19NO. The zero-order valence-electron chi connectivity index (χ0n) is 9.99. The molecule has 1 aromatic rings. The maximum atomic E-state index is 11.3. The summed E-state index contributed by atoms with van der Waals surface area (Å²) in [5.74, 6) is 0.717. The van der Waals surface area contributed by atoms with Gasteiger partial charge < -0.3 is 5.32 Å². The van der Waals surface area contributed by atoms with E-state index >= 15 is 0 Å². The molecular weight excluding hydrogens is 198 g/mol. The van der Waals surface area contributed by atoms with Crippen molar-refractivity contribution in [2.45, 2.75) is 38.6 Å². The lowest BCUT2D eigenvalue weighted by molar-refractivity contribution is 0.101. The molecule has 1 heterocycles. The third-order valence-electron chi connectivity index (χ3n) is 3.43. The molecule has 16 heavy (non-hydrogen) atoms. The van der Waals surface area contributed by atoms with Crippen LogP contribution in [-0.4, -0.2) is 18.4 Å². The van der Waals surface area contributed by atoms with Crippen molar-refractivity contribution in [2.24, 2.45) is 0 Å². The molecule has 0 radical (unpaired) electrons. The van der Waals surface area contributed by atoms with Crippen LogP contribution in [0.3, 0.4) is 0 Å². The topological polar surface area (TPSA) is 29.1 Å². The summed E-state index contributed by atoms with van der Waals surface area (Å²) in [6.45, 7) is 4.88. The molecule has 2 atom stereocenters. The number of hydrogen-bond donors (Lipinski definition) is 1. The molecule has 2 heteroatoms. The molecule has 0 saturated carbocycles. The van der Waals surface area contributed by atoms with Gasteiger partial charge in [-0.1, -0.05) is 18.2 Å². The molecule has 0 bridgehead atoms. The van der Waals surface area contributed by atoms with Crippen LogP contribution in [0, 0.1) is 0 Å². The summed E-state index contributed by atoms with van der Waals surface area (Å²) in [6.07, 6.45) is 2.44. The Morgan fingerprint density at radius 3 is 2.81 bits per heavy atom. The van der Waals surface area contributed by atoms with Gasteiger partial charge in [0.2, 0.25) is 0 Å². The van der Waals surface area contributed by atoms with Gasteiger partial charge in [-0.3, -0.25) is 4.79 Å². The van der Waals surface area contributed by atoms with Crippen LogP contribution in [0.2, 0.25) is 0 Å². The molecule has 2 nitrogen and oxygen atoms in total. The Bertz CT molecular complexity index is 378. The zero-order valence-corrected chi connectivity index (χ0v) is 9.99. The molecule has 1 aliphatic rings. The normalized spacial score (nSPS) is 25.4. The summed E-state index contributed by atoms with van der Waals surface area (Å²) >= 11 is 0. The molecule has 1 fully saturated rings. The van der Waals surface area contributed by atoms with Crippen molar-refractivity contribution in [3.05, 3.63) is 35.4 Å². The summed E-state index contributed by atoms with van der Waals surface area (Å²) in [5, 5.41) is 3.49. The average Bonchev–Trinajstić information content (AvgIpc) is 2.30. The molecule has 2 unspecified atom stereocenters. The number of benzene rings is 1. The Morgan fingerprint density at radius 1 is 1.38 bits per heavy atom. The first-order chi connectivity index (χ1) is 7.66. The van der Waals surface area contributed by atoms with E-state index in [0.717, 1.165) is 12.1 Å².